The van der Waals surface area contributed by atoms with Crippen LogP contribution < -0.4 is 5.56 Å². The van der Waals surface area contributed by atoms with Crippen LogP contribution in [-0.4, -0.2) is 3.96 Å². The van der Waals surface area contributed by atoms with Crippen LogP contribution in [-0.2, 0) is 0 Å². The summed E-state index contributed by atoms with van der Waals surface area (Å²) in [5.74, 6) is -0.491. The maximum Gasteiger partial charge on any atom is 0.273 e. The van der Waals surface area contributed by atoms with Gasteiger partial charge in [0, 0.05) is 0 Å². The number of fused-ring (bicyclic) bond motifs is 1. The van der Waals surface area contributed by atoms with E-state index in [0.29, 0.717) is 11.1 Å². The number of nitrogens with zero attached hydrogens (tertiary/aromatic N) is 2. The van der Waals surface area contributed by atoms with Crippen molar-refractivity contribution in [2.45, 2.75) is 0 Å². The van der Waals surface area contributed by atoms with Crippen molar-refractivity contribution in [2.24, 2.45) is 0 Å². The Labute approximate surface area is 111 Å². The number of rotatable bonds is 1. The lowest BCUT2D eigenvalue weighted by Crippen LogP contribution is -2.12. The van der Waals surface area contributed by atoms with Crippen LogP contribution in [0.1, 0.15) is 5.56 Å². The Balaban J connectivity index is 2.34. The van der Waals surface area contributed by atoms with Crippen LogP contribution >= 0.6 is 11.5 Å². The summed E-state index contributed by atoms with van der Waals surface area (Å²) < 4.78 is 15.4. The van der Waals surface area contributed by atoms with Gasteiger partial charge in [0.2, 0.25) is 0 Å². The smallest absolute Gasteiger partial charge is 0.267 e. The first kappa shape index (κ1) is 11.6. The van der Waals surface area contributed by atoms with Crippen molar-refractivity contribution in [3.05, 3.63) is 64.2 Å². The van der Waals surface area contributed by atoms with Gasteiger partial charge < -0.3 is 0 Å². The normalized spacial score (nSPS) is 10.5. The predicted molar refractivity (Wildman–Crippen MR) is 72.1 cm³/mol. The van der Waals surface area contributed by atoms with Crippen LogP contribution in [0.15, 0.2) is 47.3 Å². The minimum absolute atomic E-state index is 0.147. The fourth-order valence-corrected chi connectivity index (χ4v) is 2.93. The standard InChI is InChI=1S/C14H7FN2OS/c15-10-5-6-12(9(7-10)8-16)17-14(18)11-3-1-2-4-13(11)19-17/h1-7H. The quantitative estimate of drug-likeness (QED) is 0.682. The van der Waals surface area contributed by atoms with Gasteiger partial charge in [0.15, 0.2) is 0 Å². The van der Waals surface area contributed by atoms with Crippen LogP contribution in [0, 0.1) is 17.1 Å². The van der Waals surface area contributed by atoms with Crippen molar-refractivity contribution in [2.75, 3.05) is 0 Å². The summed E-state index contributed by atoms with van der Waals surface area (Å²) >= 11 is 1.24. The van der Waals surface area contributed by atoms with Crippen molar-refractivity contribution in [1.82, 2.24) is 3.96 Å². The number of halogens is 1. The van der Waals surface area contributed by atoms with Crippen LogP contribution in [0.3, 0.4) is 0 Å². The van der Waals surface area contributed by atoms with Gasteiger partial charge in [-0.05, 0) is 30.3 Å². The first-order chi connectivity index (χ1) is 9.20. The van der Waals surface area contributed by atoms with Crippen molar-refractivity contribution in [1.29, 1.82) is 5.26 Å². The van der Waals surface area contributed by atoms with Crippen LogP contribution in [0.5, 0.6) is 0 Å². The SMILES string of the molecule is N#Cc1cc(F)ccc1-n1sc2ccccc2c1=O. The summed E-state index contributed by atoms with van der Waals surface area (Å²) in [6.07, 6.45) is 0. The average Bonchev–Trinajstić information content (AvgIpc) is 2.76. The van der Waals surface area contributed by atoms with E-state index in [0.717, 1.165) is 10.8 Å². The zero-order chi connectivity index (χ0) is 13.4. The second-order valence-corrected chi connectivity index (χ2v) is 4.95. The number of hydrogen-bond acceptors (Lipinski definition) is 3. The molecule has 0 fully saturated rings. The third kappa shape index (κ3) is 1.83. The van der Waals surface area contributed by atoms with E-state index >= 15 is 0 Å². The van der Waals surface area contributed by atoms with Gasteiger partial charge in [-0.2, -0.15) is 5.26 Å². The topological polar surface area (TPSA) is 45.8 Å². The molecule has 1 heterocycles. The molecule has 0 spiro atoms. The molecule has 0 unspecified atom stereocenters. The lowest BCUT2D eigenvalue weighted by molar-refractivity contribution is 0.627. The first-order valence-electron chi connectivity index (χ1n) is 5.52. The summed E-state index contributed by atoms with van der Waals surface area (Å²) in [6, 6.07) is 12.9. The molecule has 0 atom stereocenters. The lowest BCUT2D eigenvalue weighted by atomic mass is 10.2. The fraction of sp³-hybridized carbons (Fsp3) is 0. The molecular formula is C14H7FN2OS. The molecule has 2 aromatic carbocycles. The third-order valence-electron chi connectivity index (χ3n) is 2.79. The van der Waals surface area contributed by atoms with E-state index in [9.17, 15) is 9.18 Å². The minimum Gasteiger partial charge on any atom is -0.267 e. The summed E-state index contributed by atoms with van der Waals surface area (Å²) in [6.45, 7) is 0. The Hall–Kier alpha value is -2.45. The zero-order valence-electron chi connectivity index (χ0n) is 9.63. The van der Waals surface area contributed by atoms with E-state index in [4.69, 9.17) is 5.26 Å². The Morgan fingerprint density at radius 1 is 1.21 bits per heavy atom. The fourth-order valence-electron chi connectivity index (χ4n) is 1.91. The summed E-state index contributed by atoms with van der Waals surface area (Å²) in [4.78, 5) is 12.3. The van der Waals surface area contributed by atoms with E-state index in [1.807, 2.05) is 18.2 Å². The van der Waals surface area contributed by atoms with Gasteiger partial charge in [-0.1, -0.05) is 23.7 Å². The second kappa shape index (κ2) is 4.34. The summed E-state index contributed by atoms with van der Waals surface area (Å²) in [5, 5.41) is 9.64. The number of hydrogen-bond donors (Lipinski definition) is 0. The first-order valence-corrected chi connectivity index (χ1v) is 6.29. The highest BCUT2D eigenvalue weighted by molar-refractivity contribution is 7.14. The van der Waals surface area contributed by atoms with Crippen LogP contribution in [0.25, 0.3) is 15.8 Å². The number of benzene rings is 2. The van der Waals surface area contributed by atoms with Gasteiger partial charge in [-0.15, -0.1) is 0 Å². The van der Waals surface area contributed by atoms with Gasteiger partial charge in [0.25, 0.3) is 5.56 Å². The second-order valence-electron chi connectivity index (χ2n) is 3.96. The lowest BCUT2D eigenvalue weighted by Gasteiger charge is -2.02. The Morgan fingerprint density at radius 3 is 2.74 bits per heavy atom. The molecule has 3 rings (SSSR count). The predicted octanol–water partition coefficient (Wildman–Crippen LogP) is 3.06. The summed E-state index contributed by atoms with van der Waals surface area (Å²) in [7, 11) is 0. The highest BCUT2D eigenvalue weighted by atomic mass is 32.1. The molecule has 3 aromatic rings. The van der Waals surface area contributed by atoms with E-state index in [1.54, 1.807) is 12.1 Å². The average molecular weight is 270 g/mol. The maximum absolute atomic E-state index is 13.1. The molecule has 0 aliphatic carbocycles. The Kier molecular flexibility index (Phi) is 2.65. The molecule has 0 saturated heterocycles. The molecule has 5 heteroatoms. The number of nitriles is 1. The largest absolute Gasteiger partial charge is 0.273 e. The van der Waals surface area contributed by atoms with Crippen LogP contribution in [0.4, 0.5) is 4.39 Å². The monoisotopic (exact) mass is 270 g/mol. The maximum atomic E-state index is 13.1. The molecular weight excluding hydrogens is 263 g/mol. The van der Waals surface area contributed by atoms with Crippen molar-refractivity contribution in [3.8, 4) is 11.8 Å². The highest BCUT2D eigenvalue weighted by Gasteiger charge is 2.12. The molecule has 0 saturated carbocycles. The molecule has 0 aliphatic heterocycles. The molecule has 0 aliphatic rings. The Morgan fingerprint density at radius 2 is 2.00 bits per heavy atom. The molecule has 3 nitrogen and oxygen atoms in total. The van der Waals surface area contributed by atoms with E-state index in [1.165, 1.54) is 27.6 Å². The van der Waals surface area contributed by atoms with Crippen LogP contribution in [0.2, 0.25) is 0 Å². The molecule has 19 heavy (non-hydrogen) atoms. The van der Waals surface area contributed by atoms with Gasteiger partial charge >= 0.3 is 0 Å². The third-order valence-corrected chi connectivity index (χ3v) is 3.89. The van der Waals surface area contributed by atoms with Crippen molar-refractivity contribution < 1.29 is 4.39 Å². The van der Waals surface area contributed by atoms with Gasteiger partial charge in [0.05, 0.1) is 21.3 Å². The Bertz CT molecular complexity index is 873. The van der Waals surface area contributed by atoms with E-state index in [2.05, 4.69) is 0 Å². The molecule has 0 bridgehead atoms. The molecule has 92 valence electrons. The van der Waals surface area contributed by atoms with E-state index < -0.39 is 5.82 Å². The molecule has 0 radical (unpaired) electrons. The van der Waals surface area contributed by atoms with Gasteiger partial charge in [-0.25, -0.2) is 8.35 Å². The number of aromatic nitrogens is 1. The molecule has 1 aromatic heterocycles. The van der Waals surface area contributed by atoms with E-state index in [-0.39, 0.29) is 11.1 Å². The summed E-state index contributed by atoms with van der Waals surface area (Å²) in [5.41, 5.74) is 0.368. The van der Waals surface area contributed by atoms with Crippen molar-refractivity contribution in [3.63, 3.8) is 0 Å². The van der Waals surface area contributed by atoms with Gasteiger partial charge in [-0.3, -0.25) is 4.79 Å². The van der Waals surface area contributed by atoms with Crippen molar-refractivity contribution >= 4 is 21.6 Å². The molecule has 0 amide bonds. The van der Waals surface area contributed by atoms with Gasteiger partial charge in [0.1, 0.15) is 11.9 Å². The minimum atomic E-state index is -0.491. The highest BCUT2D eigenvalue weighted by Crippen LogP contribution is 2.22. The zero-order valence-corrected chi connectivity index (χ0v) is 10.4. The molecule has 0 N–H and O–H groups in total.